The fraction of sp³-hybridized carbons (Fsp3) is 0.857. The van der Waals surface area contributed by atoms with Gasteiger partial charge in [-0.2, -0.15) is 0 Å². The van der Waals surface area contributed by atoms with Gasteiger partial charge < -0.3 is 16.2 Å². The predicted molar refractivity (Wildman–Crippen MR) is 42.9 cm³/mol. The number of esters is 1. The third kappa shape index (κ3) is 7.29. The average molecular weight is 160 g/mol. The van der Waals surface area contributed by atoms with Crippen LogP contribution in [0.25, 0.3) is 0 Å². The van der Waals surface area contributed by atoms with Gasteiger partial charge in [0.25, 0.3) is 0 Å². The largest absolute Gasteiger partial charge is 0.465 e. The van der Waals surface area contributed by atoms with E-state index >= 15 is 0 Å². The summed E-state index contributed by atoms with van der Waals surface area (Å²) in [4.78, 5) is 10.5. The molecule has 0 aliphatic heterocycles. The van der Waals surface area contributed by atoms with Gasteiger partial charge in [-0.15, -0.1) is 0 Å². The average Bonchev–Trinajstić information content (AvgIpc) is 1.85. The Kier molecular flexibility index (Phi) is 4.07. The zero-order valence-corrected chi connectivity index (χ0v) is 7.09. The van der Waals surface area contributed by atoms with Gasteiger partial charge in [-0.1, -0.05) is 0 Å². The zero-order chi connectivity index (χ0) is 8.91. The molecule has 66 valence electrons. The molecule has 0 saturated carbocycles. The van der Waals surface area contributed by atoms with Gasteiger partial charge in [0.2, 0.25) is 0 Å². The first-order chi connectivity index (χ1) is 4.95. The van der Waals surface area contributed by atoms with Crippen LogP contribution in [-0.2, 0) is 9.53 Å². The van der Waals surface area contributed by atoms with Gasteiger partial charge in [0.05, 0.1) is 13.2 Å². The second kappa shape index (κ2) is 4.31. The van der Waals surface area contributed by atoms with Crippen molar-refractivity contribution in [3.8, 4) is 0 Å². The van der Waals surface area contributed by atoms with Crippen molar-refractivity contribution in [3.05, 3.63) is 0 Å². The van der Waals surface area contributed by atoms with Crippen molar-refractivity contribution < 1.29 is 9.53 Å². The van der Waals surface area contributed by atoms with E-state index in [1.54, 1.807) is 0 Å². The third-order valence-electron chi connectivity index (χ3n) is 1.18. The number of rotatable bonds is 4. The van der Waals surface area contributed by atoms with Gasteiger partial charge in [0.1, 0.15) is 0 Å². The normalized spacial score (nSPS) is 11.3. The van der Waals surface area contributed by atoms with E-state index in [1.165, 1.54) is 0 Å². The van der Waals surface area contributed by atoms with Gasteiger partial charge in [-0.05, 0) is 20.3 Å². The molecule has 4 heteroatoms. The number of nitrogens with two attached hydrogens (primary N) is 2. The van der Waals surface area contributed by atoms with Crippen LogP contribution >= 0.6 is 0 Å². The molecule has 4 N–H and O–H groups in total. The minimum absolute atomic E-state index is 0.0645. The lowest BCUT2D eigenvalue weighted by molar-refractivity contribution is -0.142. The minimum Gasteiger partial charge on any atom is -0.465 e. The Balaban J connectivity index is 3.35. The number of carbonyl (C=O) groups excluding carboxylic acids is 1. The molecule has 0 spiro atoms. The maximum Gasteiger partial charge on any atom is 0.319 e. The number of hydrogen-bond donors (Lipinski definition) is 2. The molecule has 0 saturated heterocycles. The fourth-order valence-corrected chi connectivity index (χ4v) is 0.487. The highest BCUT2D eigenvalue weighted by Gasteiger charge is 2.10. The molecule has 0 atom stereocenters. The van der Waals surface area contributed by atoms with Crippen molar-refractivity contribution in [1.29, 1.82) is 0 Å². The topological polar surface area (TPSA) is 78.3 Å². The molecule has 11 heavy (non-hydrogen) atoms. The molecule has 0 fully saturated rings. The molecule has 0 bridgehead atoms. The summed E-state index contributed by atoms with van der Waals surface area (Å²) in [7, 11) is 0. The lowest BCUT2D eigenvalue weighted by atomic mass is 10.0. The quantitative estimate of drug-likeness (QED) is 0.549. The van der Waals surface area contributed by atoms with E-state index in [9.17, 15) is 4.79 Å². The van der Waals surface area contributed by atoms with E-state index in [-0.39, 0.29) is 18.1 Å². The van der Waals surface area contributed by atoms with Crippen LogP contribution in [0.4, 0.5) is 0 Å². The predicted octanol–water partition coefficient (Wildman–Crippen LogP) is -0.384. The zero-order valence-electron chi connectivity index (χ0n) is 7.09. The van der Waals surface area contributed by atoms with Crippen LogP contribution in [0.5, 0.6) is 0 Å². The smallest absolute Gasteiger partial charge is 0.319 e. The first kappa shape index (κ1) is 10.4. The van der Waals surface area contributed by atoms with Gasteiger partial charge in [-0.25, -0.2) is 0 Å². The van der Waals surface area contributed by atoms with Gasteiger partial charge >= 0.3 is 5.97 Å². The maximum atomic E-state index is 10.5. The Hall–Kier alpha value is -0.610. The summed E-state index contributed by atoms with van der Waals surface area (Å²) in [5, 5.41) is 0. The van der Waals surface area contributed by atoms with Gasteiger partial charge in [0.15, 0.2) is 0 Å². The lowest BCUT2D eigenvalue weighted by Crippen LogP contribution is -2.34. The molecule has 0 rings (SSSR count). The van der Waals surface area contributed by atoms with Crippen LogP contribution in [0.15, 0.2) is 0 Å². The SMILES string of the molecule is CC(C)(N)CCOC(=O)CN. The molecular weight excluding hydrogens is 144 g/mol. The second-order valence-corrected chi connectivity index (χ2v) is 3.16. The molecule has 0 aliphatic rings. The Morgan fingerprint density at radius 1 is 1.55 bits per heavy atom. The highest BCUT2D eigenvalue weighted by molar-refractivity contribution is 5.71. The first-order valence-corrected chi connectivity index (χ1v) is 3.60. The number of hydrogen-bond acceptors (Lipinski definition) is 4. The van der Waals surface area contributed by atoms with E-state index in [0.717, 1.165) is 0 Å². The van der Waals surface area contributed by atoms with Crippen molar-refractivity contribution in [2.24, 2.45) is 11.5 Å². The molecule has 0 radical (unpaired) electrons. The van der Waals surface area contributed by atoms with E-state index < -0.39 is 0 Å². The highest BCUT2D eigenvalue weighted by Crippen LogP contribution is 2.02. The molecule has 0 aromatic rings. The molecule has 0 unspecified atom stereocenters. The molecule has 0 aromatic carbocycles. The summed E-state index contributed by atoms with van der Waals surface area (Å²) in [6, 6.07) is 0. The van der Waals surface area contributed by atoms with Crippen molar-refractivity contribution in [2.75, 3.05) is 13.2 Å². The second-order valence-electron chi connectivity index (χ2n) is 3.16. The summed E-state index contributed by atoms with van der Waals surface area (Å²) in [6.45, 7) is 4.04. The van der Waals surface area contributed by atoms with Crippen molar-refractivity contribution >= 4 is 5.97 Å². The number of ether oxygens (including phenoxy) is 1. The lowest BCUT2D eigenvalue weighted by Gasteiger charge is -2.17. The van der Waals surface area contributed by atoms with E-state index in [1.807, 2.05) is 13.8 Å². The van der Waals surface area contributed by atoms with E-state index in [2.05, 4.69) is 0 Å². The van der Waals surface area contributed by atoms with E-state index in [4.69, 9.17) is 16.2 Å². The summed E-state index contributed by atoms with van der Waals surface area (Å²) in [5.74, 6) is -0.380. The van der Waals surface area contributed by atoms with Crippen LogP contribution in [0.1, 0.15) is 20.3 Å². The van der Waals surface area contributed by atoms with Crippen LogP contribution in [0, 0.1) is 0 Å². The van der Waals surface area contributed by atoms with Crippen LogP contribution in [0.2, 0.25) is 0 Å². The van der Waals surface area contributed by atoms with Crippen LogP contribution in [-0.4, -0.2) is 24.7 Å². The Morgan fingerprint density at radius 2 is 2.09 bits per heavy atom. The summed E-state index contributed by atoms with van der Waals surface area (Å²) in [6.07, 6.45) is 0.652. The molecule has 0 aromatic heterocycles. The van der Waals surface area contributed by atoms with Crippen LogP contribution in [0.3, 0.4) is 0 Å². The van der Waals surface area contributed by atoms with Crippen molar-refractivity contribution in [1.82, 2.24) is 0 Å². The molecule has 0 heterocycles. The Morgan fingerprint density at radius 3 is 2.45 bits per heavy atom. The first-order valence-electron chi connectivity index (χ1n) is 3.60. The Labute approximate surface area is 66.9 Å². The van der Waals surface area contributed by atoms with Gasteiger partial charge in [-0.3, -0.25) is 4.79 Å². The third-order valence-corrected chi connectivity index (χ3v) is 1.18. The summed E-state index contributed by atoms with van der Waals surface area (Å²) >= 11 is 0. The van der Waals surface area contributed by atoms with E-state index in [0.29, 0.717) is 13.0 Å². The van der Waals surface area contributed by atoms with Gasteiger partial charge in [0, 0.05) is 5.54 Å². The molecule has 4 nitrogen and oxygen atoms in total. The minimum atomic E-state index is -0.380. The van der Waals surface area contributed by atoms with Crippen molar-refractivity contribution in [3.63, 3.8) is 0 Å². The van der Waals surface area contributed by atoms with Crippen molar-refractivity contribution in [2.45, 2.75) is 25.8 Å². The monoisotopic (exact) mass is 160 g/mol. The highest BCUT2D eigenvalue weighted by atomic mass is 16.5. The maximum absolute atomic E-state index is 10.5. The molecule has 0 aliphatic carbocycles. The Bertz CT molecular complexity index is 129. The number of carbonyl (C=O) groups is 1. The summed E-state index contributed by atoms with van der Waals surface area (Å²) in [5.41, 5.74) is 10.4. The van der Waals surface area contributed by atoms with Crippen LogP contribution < -0.4 is 11.5 Å². The fourth-order valence-electron chi connectivity index (χ4n) is 0.487. The molecular formula is C7H16N2O2. The summed E-state index contributed by atoms with van der Waals surface area (Å²) < 4.78 is 4.72. The molecule has 0 amide bonds. The standard InChI is InChI=1S/C7H16N2O2/c1-7(2,9)3-4-11-6(10)5-8/h3-5,8-9H2,1-2H3.